The van der Waals surface area contributed by atoms with Gasteiger partial charge < -0.3 is 15.5 Å². The lowest BCUT2D eigenvalue weighted by Gasteiger charge is -2.30. The lowest BCUT2D eigenvalue weighted by molar-refractivity contribution is 0.0902. The number of amides is 1. The van der Waals surface area contributed by atoms with Crippen LogP contribution in [0.1, 0.15) is 37.2 Å². The minimum Gasteiger partial charge on any atom is -0.451 e. The highest BCUT2D eigenvalue weighted by Gasteiger charge is 2.25. The number of nitrogens with one attached hydrogen (secondary N) is 1. The predicted octanol–water partition coefficient (Wildman–Crippen LogP) is 2.93. The van der Waals surface area contributed by atoms with Gasteiger partial charge in [0.05, 0.1) is 0 Å². The summed E-state index contributed by atoms with van der Waals surface area (Å²) in [5.74, 6) is 0.172. The second kappa shape index (κ2) is 6.09. The second-order valence-electron chi connectivity index (χ2n) is 5.24. The first-order valence-electron chi connectivity index (χ1n) is 7.11. The number of benzene rings is 1. The van der Waals surface area contributed by atoms with Gasteiger partial charge in [-0.3, -0.25) is 4.79 Å². The van der Waals surface area contributed by atoms with E-state index in [1.165, 1.54) is 0 Å². The molecule has 0 aliphatic heterocycles. The number of carbonyl (C=O) groups is 1. The zero-order chi connectivity index (χ0) is 14.6. The summed E-state index contributed by atoms with van der Waals surface area (Å²) in [5.41, 5.74) is 6.54. The van der Waals surface area contributed by atoms with Gasteiger partial charge >= 0.3 is 0 Å². The molecule has 2 rings (SSSR count). The topological polar surface area (TPSA) is 68.3 Å². The summed E-state index contributed by atoms with van der Waals surface area (Å²) >= 11 is 0. The van der Waals surface area contributed by atoms with Crippen molar-refractivity contribution in [3.63, 3.8) is 0 Å². The zero-order valence-corrected chi connectivity index (χ0v) is 12.1. The smallest absolute Gasteiger partial charge is 0.287 e. The number of para-hydroxylation sites is 1. The molecule has 0 fully saturated rings. The molecule has 0 spiro atoms. The van der Waals surface area contributed by atoms with Crippen LogP contribution in [0, 0.1) is 5.41 Å². The van der Waals surface area contributed by atoms with Gasteiger partial charge in [-0.2, -0.15) is 0 Å². The second-order valence-corrected chi connectivity index (χ2v) is 5.24. The Kier molecular flexibility index (Phi) is 4.45. The van der Waals surface area contributed by atoms with E-state index in [-0.39, 0.29) is 11.3 Å². The lowest BCUT2D eigenvalue weighted by Crippen LogP contribution is -2.41. The summed E-state index contributed by atoms with van der Waals surface area (Å²) in [7, 11) is 0. The van der Waals surface area contributed by atoms with Gasteiger partial charge in [0, 0.05) is 11.9 Å². The molecule has 3 N–H and O–H groups in total. The molecule has 108 valence electrons. The van der Waals surface area contributed by atoms with Gasteiger partial charge in [0.1, 0.15) is 5.58 Å². The standard InChI is InChI=1S/C16H22N2O2/c1-3-16(4-2,10-17)11-18-15(19)14-9-12-7-5-6-8-13(12)20-14/h5-9H,3-4,10-11,17H2,1-2H3,(H,18,19). The number of furan rings is 1. The lowest BCUT2D eigenvalue weighted by atomic mass is 9.82. The molecular formula is C16H22N2O2. The van der Waals surface area contributed by atoms with Gasteiger partial charge in [0.15, 0.2) is 5.76 Å². The van der Waals surface area contributed by atoms with Gasteiger partial charge in [0.2, 0.25) is 0 Å². The largest absolute Gasteiger partial charge is 0.451 e. The summed E-state index contributed by atoms with van der Waals surface area (Å²) in [6.07, 6.45) is 1.89. The molecule has 0 saturated carbocycles. The monoisotopic (exact) mass is 274 g/mol. The van der Waals surface area contributed by atoms with E-state index in [4.69, 9.17) is 10.2 Å². The van der Waals surface area contributed by atoms with Crippen molar-refractivity contribution in [2.45, 2.75) is 26.7 Å². The minimum atomic E-state index is -0.180. The number of carbonyl (C=O) groups excluding carboxylic acids is 1. The fourth-order valence-corrected chi connectivity index (χ4v) is 2.31. The van der Waals surface area contributed by atoms with Crippen molar-refractivity contribution in [3.8, 4) is 0 Å². The Morgan fingerprint density at radius 2 is 2.00 bits per heavy atom. The van der Waals surface area contributed by atoms with Crippen LogP contribution in [0.25, 0.3) is 11.0 Å². The highest BCUT2D eigenvalue weighted by Crippen LogP contribution is 2.24. The highest BCUT2D eigenvalue weighted by atomic mass is 16.3. The molecule has 1 heterocycles. The van der Waals surface area contributed by atoms with Crippen molar-refractivity contribution < 1.29 is 9.21 Å². The van der Waals surface area contributed by atoms with Crippen molar-refractivity contribution in [1.29, 1.82) is 0 Å². The molecule has 4 nitrogen and oxygen atoms in total. The molecule has 0 atom stereocenters. The van der Waals surface area contributed by atoms with Crippen LogP contribution in [0.3, 0.4) is 0 Å². The average Bonchev–Trinajstić information content (AvgIpc) is 2.93. The number of rotatable bonds is 6. The zero-order valence-electron chi connectivity index (χ0n) is 12.1. The summed E-state index contributed by atoms with van der Waals surface area (Å²) in [4.78, 5) is 12.2. The Balaban J connectivity index is 2.08. The number of hydrogen-bond acceptors (Lipinski definition) is 3. The minimum absolute atomic E-state index is 0.0261. The van der Waals surface area contributed by atoms with Crippen LogP contribution in [0.15, 0.2) is 34.7 Å². The van der Waals surface area contributed by atoms with Crippen LogP contribution < -0.4 is 11.1 Å². The van der Waals surface area contributed by atoms with E-state index >= 15 is 0 Å². The van der Waals surface area contributed by atoms with Crippen molar-refractivity contribution in [2.24, 2.45) is 11.1 Å². The number of fused-ring (bicyclic) bond motifs is 1. The number of hydrogen-bond donors (Lipinski definition) is 2. The van der Waals surface area contributed by atoms with Gasteiger partial charge in [-0.1, -0.05) is 32.0 Å². The maximum Gasteiger partial charge on any atom is 0.287 e. The maximum absolute atomic E-state index is 12.2. The Morgan fingerprint density at radius 3 is 2.60 bits per heavy atom. The van der Waals surface area contributed by atoms with Gasteiger partial charge in [0.25, 0.3) is 5.91 Å². The van der Waals surface area contributed by atoms with E-state index in [9.17, 15) is 4.79 Å². The van der Waals surface area contributed by atoms with Crippen LogP contribution in [-0.2, 0) is 0 Å². The van der Waals surface area contributed by atoms with Gasteiger partial charge in [-0.15, -0.1) is 0 Å². The molecule has 1 aromatic carbocycles. The molecule has 4 heteroatoms. The molecule has 0 bridgehead atoms. The maximum atomic E-state index is 12.2. The van der Waals surface area contributed by atoms with E-state index < -0.39 is 0 Å². The van der Waals surface area contributed by atoms with E-state index in [0.29, 0.717) is 18.8 Å². The van der Waals surface area contributed by atoms with Crippen molar-refractivity contribution >= 4 is 16.9 Å². The van der Waals surface area contributed by atoms with Gasteiger partial charge in [-0.05, 0) is 36.9 Å². The average molecular weight is 274 g/mol. The third kappa shape index (κ3) is 2.85. The van der Waals surface area contributed by atoms with Crippen LogP contribution in [-0.4, -0.2) is 19.0 Å². The molecular weight excluding hydrogens is 252 g/mol. The molecule has 1 amide bonds. The summed E-state index contributed by atoms with van der Waals surface area (Å²) in [6, 6.07) is 9.37. The molecule has 0 radical (unpaired) electrons. The van der Waals surface area contributed by atoms with E-state index in [0.717, 1.165) is 23.8 Å². The van der Waals surface area contributed by atoms with Gasteiger partial charge in [-0.25, -0.2) is 0 Å². The summed E-state index contributed by atoms with van der Waals surface area (Å²) in [5, 5.41) is 3.88. The van der Waals surface area contributed by atoms with Crippen LogP contribution in [0.4, 0.5) is 0 Å². The Hall–Kier alpha value is -1.81. The third-order valence-corrected chi connectivity index (χ3v) is 4.21. The van der Waals surface area contributed by atoms with Crippen molar-refractivity contribution in [1.82, 2.24) is 5.32 Å². The first kappa shape index (κ1) is 14.6. The van der Waals surface area contributed by atoms with Crippen LogP contribution >= 0.6 is 0 Å². The van der Waals surface area contributed by atoms with Crippen LogP contribution in [0.5, 0.6) is 0 Å². The molecule has 2 aromatic rings. The van der Waals surface area contributed by atoms with Crippen molar-refractivity contribution in [2.75, 3.05) is 13.1 Å². The fourth-order valence-electron chi connectivity index (χ4n) is 2.31. The molecule has 0 aliphatic carbocycles. The van der Waals surface area contributed by atoms with E-state index in [1.54, 1.807) is 6.07 Å². The third-order valence-electron chi connectivity index (χ3n) is 4.21. The Morgan fingerprint density at radius 1 is 1.30 bits per heavy atom. The summed E-state index contributed by atoms with van der Waals surface area (Å²) in [6.45, 7) is 5.35. The number of nitrogens with two attached hydrogens (primary N) is 1. The summed E-state index contributed by atoms with van der Waals surface area (Å²) < 4.78 is 5.55. The quantitative estimate of drug-likeness (QED) is 0.851. The molecule has 0 unspecified atom stereocenters. The normalized spacial score (nSPS) is 11.8. The Bertz CT molecular complexity index is 544. The molecule has 0 aliphatic rings. The Labute approximate surface area is 119 Å². The van der Waals surface area contributed by atoms with E-state index in [2.05, 4.69) is 19.2 Å². The molecule has 20 heavy (non-hydrogen) atoms. The SMILES string of the molecule is CCC(CC)(CN)CNC(=O)c1cc2ccccc2o1. The van der Waals surface area contributed by atoms with Crippen LogP contribution in [0.2, 0.25) is 0 Å². The predicted molar refractivity (Wildman–Crippen MR) is 80.6 cm³/mol. The first-order chi connectivity index (χ1) is 9.64. The molecule has 1 aromatic heterocycles. The first-order valence-corrected chi connectivity index (χ1v) is 7.11. The molecule has 0 saturated heterocycles. The fraction of sp³-hybridized carbons (Fsp3) is 0.438. The van der Waals surface area contributed by atoms with E-state index in [1.807, 2.05) is 24.3 Å². The van der Waals surface area contributed by atoms with Crippen molar-refractivity contribution in [3.05, 3.63) is 36.1 Å². The highest BCUT2D eigenvalue weighted by molar-refractivity contribution is 5.96.